The Morgan fingerprint density at radius 2 is 2.36 bits per heavy atom. The molecule has 0 fully saturated rings. The molecule has 2 rings (SSSR count). The van der Waals surface area contributed by atoms with Crippen LogP contribution in [0.2, 0.25) is 0 Å². The van der Waals surface area contributed by atoms with Gasteiger partial charge in [0, 0.05) is 13.2 Å². The fraction of sp³-hybridized carbons (Fsp3) is 0.200. The number of aryl methyl sites for hydroxylation is 2. The zero-order chi connectivity index (χ0) is 10.1. The van der Waals surface area contributed by atoms with E-state index in [2.05, 4.69) is 5.10 Å². The van der Waals surface area contributed by atoms with Gasteiger partial charge in [-0.2, -0.15) is 5.10 Å². The van der Waals surface area contributed by atoms with Crippen LogP contribution in [0, 0.1) is 6.92 Å². The van der Waals surface area contributed by atoms with E-state index < -0.39 is 0 Å². The van der Waals surface area contributed by atoms with Crippen LogP contribution in [-0.2, 0) is 7.05 Å². The molecule has 2 heterocycles. The number of hydrogen-bond acceptors (Lipinski definition) is 3. The summed E-state index contributed by atoms with van der Waals surface area (Å²) in [5.74, 6) is 0.0607. The van der Waals surface area contributed by atoms with Crippen molar-refractivity contribution in [1.82, 2.24) is 9.78 Å². The van der Waals surface area contributed by atoms with E-state index in [9.17, 15) is 4.79 Å². The Hall–Kier alpha value is -1.42. The van der Waals surface area contributed by atoms with Crippen LogP contribution in [0.3, 0.4) is 0 Å². The topological polar surface area (TPSA) is 34.9 Å². The van der Waals surface area contributed by atoms with Gasteiger partial charge in [0.1, 0.15) is 0 Å². The molecule has 0 bridgehead atoms. The average molecular weight is 206 g/mol. The van der Waals surface area contributed by atoms with E-state index >= 15 is 0 Å². The smallest absolute Gasteiger partial charge is 0.206 e. The maximum absolute atomic E-state index is 11.9. The number of thiophene rings is 1. The summed E-state index contributed by atoms with van der Waals surface area (Å²) >= 11 is 1.48. The van der Waals surface area contributed by atoms with Gasteiger partial charge >= 0.3 is 0 Å². The molecule has 3 nitrogen and oxygen atoms in total. The molecule has 0 aliphatic carbocycles. The predicted molar refractivity (Wildman–Crippen MR) is 55.7 cm³/mol. The lowest BCUT2D eigenvalue weighted by Gasteiger charge is -1.94. The second-order valence-corrected chi connectivity index (χ2v) is 4.08. The van der Waals surface area contributed by atoms with E-state index in [1.807, 2.05) is 18.4 Å². The molecule has 0 radical (unpaired) electrons. The first-order valence-electron chi connectivity index (χ1n) is 4.26. The van der Waals surface area contributed by atoms with Gasteiger partial charge < -0.3 is 0 Å². The third kappa shape index (κ3) is 1.48. The molecular formula is C10H10N2OS. The van der Waals surface area contributed by atoms with Crippen LogP contribution in [0.15, 0.2) is 23.8 Å². The second-order valence-electron chi connectivity index (χ2n) is 3.16. The Balaban J connectivity index is 2.38. The lowest BCUT2D eigenvalue weighted by Crippen LogP contribution is -1.98. The largest absolute Gasteiger partial charge is 0.288 e. The van der Waals surface area contributed by atoms with Crippen molar-refractivity contribution in [2.24, 2.45) is 7.05 Å². The molecule has 0 saturated heterocycles. The van der Waals surface area contributed by atoms with E-state index in [-0.39, 0.29) is 5.78 Å². The molecule has 0 N–H and O–H groups in total. The molecule has 0 unspecified atom stereocenters. The molecule has 0 aromatic carbocycles. The standard InChI is InChI=1S/C10H10N2OS/c1-7-3-4-14-10(7)9(13)8-5-11-12(2)6-8/h3-6H,1-2H3. The number of ketones is 1. The first-order valence-corrected chi connectivity index (χ1v) is 5.14. The molecule has 14 heavy (non-hydrogen) atoms. The summed E-state index contributed by atoms with van der Waals surface area (Å²) in [7, 11) is 1.80. The van der Waals surface area contributed by atoms with Crippen LogP contribution in [0.25, 0.3) is 0 Å². The molecular weight excluding hydrogens is 196 g/mol. The fourth-order valence-electron chi connectivity index (χ4n) is 1.27. The number of hydrogen-bond donors (Lipinski definition) is 0. The molecule has 0 spiro atoms. The van der Waals surface area contributed by atoms with Gasteiger partial charge in [0.2, 0.25) is 5.78 Å². The Morgan fingerprint density at radius 3 is 2.86 bits per heavy atom. The van der Waals surface area contributed by atoms with E-state index in [1.54, 1.807) is 24.1 Å². The lowest BCUT2D eigenvalue weighted by atomic mass is 10.1. The summed E-state index contributed by atoms with van der Waals surface area (Å²) in [6.45, 7) is 1.94. The molecule has 0 atom stereocenters. The minimum Gasteiger partial charge on any atom is -0.288 e. The minimum atomic E-state index is 0.0607. The summed E-state index contributed by atoms with van der Waals surface area (Å²) in [6, 6.07) is 1.95. The van der Waals surface area contributed by atoms with Crippen LogP contribution in [-0.4, -0.2) is 15.6 Å². The van der Waals surface area contributed by atoms with Crippen LogP contribution in [0.1, 0.15) is 20.8 Å². The second kappa shape index (κ2) is 3.38. The number of carbonyl (C=O) groups excluding carboxylic acids is 1. The molecule has 4 heteroatoms. The Labute approximate surface area is 86.0 Å². The first kappa shape index (κ1) is 9.15. The molecule has 2 aromatic rings. The molecule has 0 aliphatic heterocycles. The van der Waals surface area contributed by atoms with Crippen LogP contribution >= 0.6 is 11.3 Å². The van der Waals surface area contributed by atoms with E-state index in [4.69, 9.17) is 0 Å². The van der Waals surface area contributed by atoms with Gasteiger partial charge in [0.15, 0.2) is 0 Å². The minimum absolute atomic E-state index is 0.0607. The maximum Gasteiger partial charge on any atom is 0.206 e. The molecule has 2 aromatic heterocycles. The van der Waals surface area contributed by atoms with E-state index in [0.717, 1.165) is 10.4 Å². The highest BCUT2D eigenvalue weighted by Crippen LogP contribution is 2.19. The third-order valence-corrected chi connectivity index (χ3v) is 3.05. The Kier molecular flexibility index (Phi) is 2.21. The number of aromatic nitrogens is 2. The third-order valence-electron chi connectivity index (χ3n) is 2.04. The van der Waals surface area contributed by atoms with Gasteiger partial charge in [0.25, 0.3) is 0 Å². The number of carbonyl (C=O) groups is 1. The van der Waals surface area contributed by atoms with Crippen molar-refractivity contribution in [3.8, 4) is 0 Å². The van der Waals surface area contributed by atoms with Crippen molar-refractivity contribution >= 4 is 17.1 Å². The van der Waals surface area contributed by atoms with E-state index in [1.165, 1.54) is 11.3 Å². The van der Waals surface area contributed by atoms with Crippen LogP contribution in [0.5, 0.6) is 0 Å². The highest BCUT2D eigenvalue weighted by Gasteiger charge is 2.14. The Morgan fingerprint density at radius 1 is 1.57 bits per heavy atom. The monoisotopic (exact) mass is 206 g/mol. The highest BCUT2D eigenvalue weighted by molar-refractivity contribution is 7.12. The summed E-state index contributed by atoms with van der Waals surface area (Å²) in [4.78, 5) is 12.7. The maximum atomic E-state index is 11.9. The van der Waals surface area contributed by atoms with Gasteiger partial charge in [0.05, 0.1) is 16.6 Å². The van der Waals surface area contributed by atoms with Crippen molar-refractivity contribution in [3.05, 3.63) is 39.8 Å². The van der Waals surface area contributed by atoms with Crippen molar-refractivity contribution in [1.29, 1.82) is 0 Å². The van der Waals surface area contributed by atoms with Gasteiger partial charge in [-0.15, -0.1) is 11.3 Å². The first-order chi connectivity index (χ1) is 6.68. The van der Waals surface area contributed by atoms with Gasteiger partial charge in [-0.05, 0) is 23.9 Å². The van der Waals surface area contributed by atoms with Crippen molar-refractivity contribution in [3.63, 3.8) is 0 Å². The summed E-state index contributed by atoms with van der Waals surface area (Å²) in [6.07, 6.45) is 3.34. The summed E-state index contributed by atoms with van der Waals surface area (Å²) < 4.78 is 1.64. The SMILES string of the molecule is Cc1ccsc1C(=O)c1cnn(C)c1. The van der Waals surface area contributed by atoms with Gasteiger partial charge in [-0.25, -0.2) is 0 Å². The van der Waals surface area contributed by atoms with Gasteiger partial charge in [-0.1, -0.05) is 0 Å². The zero-order valence-corrected chi connectivity index (χ0v) is 8.84. The Bertz CT molecular complexity index is 470. The van der Waals surface area contributed by atoms with Crippen LogP contribution in [0.4, 0.5) is 0 Å². The predicted octanol–water partition coefficient (Wildman–Crippen LogP) is 2.02. The number of rotatable bonds is 2. The van der Waals surface area contributed by atoms with Gasteiger partial charge in [-0.3, -0.25) is 9.48 Å². The molecule has 0 amide bonds. The van der Waals surface area contributed by atoms with E-state index in [0.29, 0.717) is 5.56 Å². The molecule has 0 saturated carbocycles. The summed E-state index contributed by atoms with van der Waals surface area (Å²) in [5, 5.41) is 5.91. The number of nitrogens with zero attached hydrogens (tertiary/aromatic N) is 2. The van der Waals surface area contributed by atoms with Crippen molar-refractivity contribution in [2.75, 3.05) is 0 Å². The normalized spacial score (nSPS) is 10.4. The van der Waals surface area contributed by atoms with Crippen molar-refractivity contribution in [2.45, 2.75) is 6.92 Å². The molecule has 72 valence electrons. The zero-order valence-electron chi connectivity index (χ0n) is 8.02. The summed E-state index contributed by atoms with van der Waals surface area (Å²) in [5.41, 5.74) is 1.68. The lowest BCUT2D eigenvalue weighted by molar-refractivity contribution is 0.104. The average Bonchev–Trinajstić information content (AvgIpc) is 2.73. The molecule has 0 aliphatic rings. The van der Waals surface area contributed by atoms with Crippen molar-refractivity contribution < 1.29 is 4.79 Å². The fourth-order valence-corrected chi connectivity index (χ4v) is 2.16. The highest BCUT2D eigenvalue weighted by atomic mass is 32.1. The van der Waals surface area contributed by atoms with Crippen LogP contribution < -0.4 is 0 Å². The quantitative estimate of drug-likeness (QED) is 0.705.